The van der Waals surface area contributed by atoms with Crippen LogP contribution in [-0.2, 0) is 4.74 Å². The van der Waals surface area contributed by atoms with Gasteiger partial charge in [-0.3, -0.25) is 0 Å². The Hall–Kier alpha value is -2.53. The second-order valence-corrected chi connectivity index (χ2v) is 7.16. The topological polar surface area (TPSA) is 47.4 Å². The molecule has 3 rings (SSSR count). The quantitative estimate of drug-likeness (QED) is 0.788. The fourth-order valence-corrected chi connectivity index (χ4v) is 3.78. The number of nitrogens with zero attached hydrogens (tertiary/aromatic N) is 3. The summed E-state index contributed by atoms with van der Waals surface area (Å²) in [5.41, 5.74) is 2.01. The number of rotatable bonds is 4. The van der Waals surface area contributed by atoms with Gasteiger partial charge in [0.25, 0.3) is 0 Å². The first-order valence-corrected chi connectivity index (χ1v) is 10.0. The average Bonchev–Trinajstić information content (AvgIpc) is 3.07. The van der Waals surface area contributed by atoms with E-state index in [4.69, 9.17) is 21.4 Å². The normalized spacial score (nSPS) is 16.5. The van der Waals surface area contributed by atoms with E-state index in [1.54, 1.807) is 11.0 Å². The molecule has 0 saturated carbocycles. The van der Waals surface area contributed by atoms with Crippen LogP contribution in [0.4, 0.5) is 4.79 Å². The molecule has 0 radical (unpaired) electrons. The highest BCUT2D eigenvalue weighted by molar-refractivity contribution is 6.30. The lowest BCUT2D eigenvalue weighted by atomic mass is 9.92. The van der Waals surface area contributed by atoms with Gasteiger partial charge in [0.2, 0.25) is 0 Å². The first-order valence-electron chi connectivity index (χ1n) is 9.64. The van der Waals surface area contributed by atoms with Gasteiger partial charge in [-0.2, -0.15) is 5.10 Å². The average molecular weight is 400 g/mol. The van der Waals surface area contributed by atoms with Crippen molar-refractivity contribution in [2.24, 2.45) is 0 Å². The summed E-state index contributed by atoms with van der Waals surface area (Å²) in [5, 5.41) is 7.77. The lowest BCUT2D eigenvalue weighted by molar-refractivity contribution is 0.0968. The molecule has 0 atom stereocenters. The number of piperidine rings is 1. The third-order valence-electron chi connectivity index (χ3n) is 5.02. The molecule has 1 saturated heterocycles. The van der Waals surface area contributed by atoms with Crippen molar-refractivity contribution in [1.82, 2.24) is 14.7 Å². The Kier molecular flexibility index (Phi) is 6.57. The van der Waals surface area contributed by atoms with E-state index in [1.165, 1.54) is 0 Å². The van der Waals surface area contributed by atoms with Crippen LogP contribution in [0, 0.1) is 0 Å². The van der Waals surface area contributed by atoms with Gasteiger partial charge in [0, 0.05) is 29.2 Å². The summed E-state index contributed by atoms with van der Waals surface area (Å²) >= 11 is 6.04. The maximum atomic E-state index is 12.0. The number of amides is 1. The Morgan fingerprint density at radius 2 is 2.00 bits per heavy atom. The molecule has 1 aliphatic heterocycles. The molecule has 5 nitrogen and oxygen atoms in total. The van der Waals surface area contributed by atoms with Gasteiger partial charge in [0.05, 0.1) is 23.3 Å². The molecule has 2 aromatic rings. The van der Waals surface area contributed by atoms with Crippen molar-refractivity contribution in [1.29, 1.82) is 0 Å². The van der Waals surface area contributed by atoms with Gasteiger partial charge >= 0.3 is 6.09 Å². The Bertz CT molecular complexity index is 955. The molecular formula is C22H26ClN3O2. The molecule has 0 aliphatic carbocycles. The van der Waals surface area contributed by atoms with E-state index in [-0.39, 0.29) is 12.0 Å². The zero-order chi connectivity index (χ0) is 20.1. The zero-order valence-electron chi connectivity index (χ0n) is 16.4. The summed E-state index contributed by atoms with van der Waals surface area (Å²) in [4.78, 5) is 13.8. The lowest BCUT2D eigenvalue weighted by Gasteiger charge is -2.30. The Labute approximate surface area is 170 Å². The molecule has 0 N–H and O–H groups in total. The van der Waals surface area contributed by atoms with Crippen LogP contribution in [0.1, 0.15) is 38.3 Å². The number of hydrogen-bond acceptors (Lipinski definition) is 3. The molecule has 2 heterocycles. The summed E-state index contributed by atoms with van der Waals surface area (Å²) in [5.74, 6) is 0.282. The molecular weight excluding hydrogens is 374 g/mol. The predicted octanol–water partition coefficient (Wildman–Crippen LogP) is 3.63. The number of carbonyl (C=O) groups excluding carboxylic acids is 1. The van der Waals surface area contributed by atoms with Crippen LogP contribution in [0.5, 0.6) is 0 Å². The summed E-state index contributed by atoms with van der Waals surface area (Å²) in [6.45, 7) is 9.47. The van der Waals surface area contributed by atoms with E-state index in [2.05, 4.69) is 12.7 Å². The Morgan fingerprint density at radius 1 is 1.32 bits per heavy atom. The van der Waals surface area contributed by atoms with E-state index in [1.807, 2.05) is 48.9 Å². The van der Waals surface area contributed by atoms with Crippen molar-refractivity contribution in [3.63, 3.8) is 0 Å². The first-order chi connectivity index (χ1) is 13.6. The van der Waals surface area contributed by atoms with Crippen LogP contribution >= 0.6 is 11.6 Å². The minimum Gasteiger partial charge on any atom is -0.450 e. The number of ether oxygens (including phenoxy) is 1. The zero-order valence-corrected chi connectivity index (χ0v) is 17.2. The van der Waals surface area contributed by atoms with Gasteiger partial charge in [0.1, 0.15) is 0 Å². The van der Waals surface area contributed by atoms with Crippen molar-refractivity contribution >= 4 is 29.8 Å². The van der Waals surface area contributed by atoms with E-state index >= 15 is 0 Å². The SMILES string of the molecule is C=C/C=c1/c(C2CCN(C(=O)OCC)CC2)nn(-c2ccc(Cl)cc2)/c1=C/C. The lowest BCUT2D eigenvalue weighted by Crippen LogP contribution is -2.39. The molecule has 1 aromatic heterocycles. The highest BCUT2D eigenvalue weighted by Crippen LogP contribution is 2.25. The van der Waals surface area contributed by atoms with Crippen LogP contribution in [0.25, 0.3) is 17.8 Å². The molecule has 148 valence electrons. The number of carbonyl (C=O) groups is 1. The predicted molar refractivity (Wildman–Crippen MR) is 113 cm³/mol. The van der Waals surface area contributed by atoms with E-state index < -0.39 is 0 Å². The van der Waals surface area contributed by atoms with Gasteiger partial charge in [0.15, 0.2) is 0 Å². The van der Waals surface area contributed by atoms with Gasteiger partial charge in [-0.15, -0.1) is 0 Å². The molecule has 1 fully saturated rings. The fourth-order valence-electron chi connectivity index (χ4n) is 3.66. The third kappa shape index (κ3) is 4.14. The largest absolute Gasteiger partial charge is 0.450 e. The van der Waals surface area contributed by atoms with Gasteiger partial charge in [-0.05, 0) is 51.0 Å². The molecule has 1 amide bonds. The summed E-state index contributed by atoms with van der Waals surface area (Å²) in [6, 6.07) is 7.67. The van der Waals surface area contributed by atoms with E-state index in [0.29, 0.717) is 24.7 Å². The fraction of sp³-hybridized carbons (Fsp3) is 0.364. The van der Waals surface area contributed by atoms with Gasteiger partial charge in [-0.1, -0.05) is 36.4 Å². The summed E-state index contributed by atoms with van der Waals surface area (Å²) in [7, 11) is 0. The molecule has 1 aromatic carbocycles. The van der Waals surface area contributed by atoms with Crippen LogP contribution < -0.4 is 10.6 Å². The second kappa shape index (κ2) is 9.11. The number of benzene rings is 1. The highest BCUT2D eigenvalue weighted by Gasteiger charge is 2.27. The summed E-state index contributed by atoms with van der Waals surface area (Å²) < 4.78 is 7.08. The summed E-state index contributed by atoms with van der Waals surface area (Å²) in [6.07, 6.45) is 7.37. The molecule has 1 aliphatic rings. The number of hydrogen-bond donors (Lipinski definition) is 0. The van der Waals surface area contributed by atoms with Crippen molar-refractivity contribution in [3.8, 4) is 5.69 Å². The maximum Gasteiger partial charge on any atom is 0.409 e. The number of likely N-dealkylation sites (tertiary alicyclic amines) is 1. The van der Waals surface area contributed by atoms with Gasteiger partial charge < -0.3 is 9.64 Å². The molecule has 6 heteroatoms. The molecule has 0 bridgehead atoms. The van der Waals surface area contributed by atoms with Crippen molar-refractivity contribution in [3.05, 3.63) is 58.2 Å². The van der Waals surface area contributed by atoms with Crippen molar-refractivity contribution < 1.29 is 9.53 Å². The molecule has 28 heavy (non-hydrogen) atoms. The van der Waals surface area contributed by atoms with Crippen LogP contribution in [0.3, 0.4) is 0 Å². The van der Waals surface area contributed by atoms with Gasteiger partial charge in [-0.25, -0.2) is 9.48 Å². The van der Waals surface area contributed by atoms with Crippen molar-refractivity contribution in [2.75, 3.05) is 19.7 Å². The first kappa shape index (κ1) is 20.2. The van der Waals surface area contributed by atoms with Crippen LogP contribution in [0.2, 0.25) is 5.02 Å². The number of aromatic nitrogens is 2. The minimum atomic E-state index is -0.229. The third-order valence-corrected chi connectivity index (χ3v) is 5.28. The van der Waals surface area contributed by atoms with Crippen LogP contribution in [-0.4, -0.2) is 40.5 Å². The minimum absolute atomic E-state index is 0.229. The number of allylic oxidation sites excluding steroid dienone is 1. The Balaban J connectivity index is 1.96. The molecule has 0 spiro atoms. The van der Waals surface area contributed by atoms with E-state index in [0.717, 1.165) is 34.8 Å². The molecule has 0 unspecified atom stereocenters. The second-order valence-electron chi connectivity index (χ2n) is 6.72. The van der Waals surface area contributed by atoms with Crippen molar-refractivity contribution in [2.45, 2.75) is 32.6 Å². The monoisotopic (exact) mass is 399 g/mol. The maximum absolute atomic E-state index is 12.0. The van der Waals surface area contributed by atoms with E-state index in [9.17, 15) is 4.79 Å². The smallest absolute Gasteiger partial charge is 0.409 e. The standard InChI is InChI=1S/C22H26ClN3O2/c1-4-7-19-20(5-2)26(18-10-8-17(23)9-11-18)24-21(19)16-12-14-25(15-13-16)22(27)28-6-3/h4-5,7-11,16H,1,6,12-15H2,2-3H3/b19-7+,20-5+. The number of halogens is 1. The van der Waals surface area contributed by atoms with Crippen LogP contribution in [0.15, 0.2) is 36.9 Å². The Morgan fingerprint density at radius 3 is 2.57 bits per heavy atom. The highest BCUT2D eigenvalue weighted by atomic mass is 35.5.